The minimum atomic E-state index is 0.640. The van der Waals surface area contributed by atoms with Gasteiger partial charge in [-0.15, -0.1) is 0 Å². The Morgan fingerprint density at radius 2 is 0.844 bits per heavy atom. The number of hydrogen-bond donors (Lipinski definition) is 0. The van der Waals surface area contributed by atoms with Gasteiger partial charge in [-0.05, 0) is 104 Å². The first-order valence-electron chi connectivity index (χ1n) is 21.8. The van der Waals surface area contributed by atoms with Crippen LogP contribution in [0.25, 0.3) is 89.6 Å². The normalized spacial score (nSPS) is 13.2. The van der Waals surface area contributed by atoms with E-state index in [-0.39, 0.29) is 0 Å². The lowest BCUT2D eigenvalue weighted by molar-refractivity contribution is 1.03. The molecule has 0 saturated heterocycles. The van der Waals surface area contributed by atoms with Crippen LogP contribution in [0, 0.1) is 0 Å². The van der Waals surface area contributed by atoms with Gasteiger partial charge >= 0.3 is 0 Å². The van der Waals surface area contributed by atoms with E-state index in [1.54, 1.807) is 0 Å². The molecule has 0 saturated carbocycles. The number of benzene rings is 8. The van der Waals surface area contributed by atoms with E-state index in [9.17, 15) is 0 Å². The van der Waals surface area contributed by atoms with E-state index in [0.29, 0.717) is 17.5 Å². The van der Waals surface area contributed by atoms with E-state index in [0.717, 1.165) is 56.5 Å². The third-order valence-corrected chi connectivity index (χ3v) is 11.8. The topological polar surface area (TPSA) is 38.7 Å². The monoisotopic (exact) mass is 819 g/mol. The van der Waals surface area contributed by atoms with Crippen molar-refractivity contribution < 1.29 is 0 Å². The molecule has 10 rings (SSSR count). The Hall–Kier alpha value is -8.27. The third kappa shape index (κ3) is 8.35. The van der Waals surface area contributed by atoms with Crippen LogP contribution < -0.4 is 0 Å². The van der Waals surface area contributed by atoms with Gasteiger partial charge in [0.1, 0.15) is 0 Å². The fourth-order valence-electron chi connectivity index (χ4n) is 8.63. The zero-order valence-electron chi connectivity index (χ0n) is 35.6. The summed E-state index contributed by atoms with van der Waals surface area (Å²) in [4.78, 5) is 15.4. The van der Waals surface area contributed by atoms with Gasteiger partial charge in [0, 0.05) is 16.7 Å². The van der Waals surface area contributed by atoms with Gasteiger partial charge in [0.05, 0.1) is 0 Å². The van der Waals surface area contributed by atoms with Crippen LogP contribution in [0.4, 0.5) is 0 Å². The minimum Gasteiger partial charge on any atom is -0.208 e. The van der Waals surface area contributed by atoms with Crippen LogP contribution in [0.5, 0.6) is 0 Å². The Morgan fingerprint density at radius 1 is 0.406 bits per heavy atom. The van der Waals surface area contributed by atoms with Crippen LogP contribution in [0.1, 0.15) is 24.7 Å². The average Bonchev–Trinajstić information content (AvgIpc) is 3.39. The lowest BCUT2D eigenvalue weighted by Gasteiger charge is -2.24. The Balaban J connectivity index is 1.19. The summed E-state index contributed by atoms with van der Waals surface area (Å²) in [5, 5.41) is 0. The summed E-state index contributed by atoms with van der Waals surface area (Å²) in [5.41, 5.74) is 18.0. The van der Waals surface area contributed by atoms with Crippen molar-refractivity contribution in [1.82, 2.24) is 15.0 Å². The molecule has 9 aromatic rings. The molecule has 0 radical (unpaired) electrons. The summed E-state index contributed by atoms with van der Waals surface area (Å²) in [6.07, 6.45) is 11.6. The van der Waals surface area contributed by atoms with Gasteiger partial charge in [-0.1, -0.05) is 224 Å². The van der Waals surface area contributed by atoms with Crippen molar-refractivity contribution >= 4 is 11.1 Å². The average molecular weight is 820 g/mol. The Labute approximate surface area is 375 Å². The quantitative estimate of drug-likeness (QED) is 0.138. The van der Waals surface area contributed by atoms with Crippen LogP contribution in [-0.4, -0.2) is 15.0 Å². The molecule has 3 heteroatoms. The summed E-state index contributed by atoms with van der Waals surface area (Å²) in [6.45, 7) is 2.20. The molecule has 0 unspecified atom stereocenters. The molecule has 8 aromatic carbocycles. The molecule has 0 atom stereocenters. The van der Waals surface area contributed by atoms with Crippen LogP contribution in [-0.2, 0) is 0 Å². The molecule has 1 aromatic heterocycles. The van der Waals surface area contributed by atoms with Gasteiger partial charge in [0.15, 0.2) is 17.5 Å². The lowest BCUT2D eigenvalue weighted by Crippen LogP contribution is -2.04. The lowest BCUT2D eigenvalue weighted by atomic mass is 9.78. The van der Waals surface area contributed by atoms with E-state index < -0.39 is 0 Å². The number of hydrogen-bond acceptors (Lipinski definition) is 3. The van der Waals surface area contributed by atoms with Crippen molar-refractivity contribution in [3.05, 3.63) is 260 Å². The number of rotatable bonds is 10. The molecule has 0 amide bonds. The first kappa shape index (κ1) is 39.8. The smallest absolute Gasteiger partial charge is 0.164 e. The van der Waals surface area contributed by atoms with Gasteiger partial charge in [0.2, 0.25) is 0 Å². The molecule has 3 nitrogen and oxygen atoms in total. The Bertz CT molecular complexity index is 3130. The fraction of sp³-hybridized carbons (Fsp3) is 0.0328. The molecule has 1 aliphatic carbocycles. The van der Waals surface area contributed by atoms with E-state index in [1.807, 2.05) is 36.4 Å². The van der Waals surface area contributed by atoms with Crippen molar-refractivity contribution in [2.75, 3.05) is 0 Å². The predicted molar refractivity (Wildman–Crippen MR) is 268 cm³/mol. The molecule has 1 heterocycles. The highest BCUT2D eigenvalue weighted by Gasteiger charge is 2.24. The number of allylic oxidation sites excluding steroid dienone is 8. The van der Waals surface area contributed by atoms with E-state index in [2.05, 4.69) is 213 Å². The van der Waals surface area contributed by atoms with Gasteiger partial charge in [-0.25, -0.2) is 15.0 Å². The molecular formula is C61H45N3. The van der Waals surface area contributed by atoms with Crippen LogP contribution in [0.2, 0.25) is 0 Å². The molecule has 304 valence electrons. The van der Waals surface area contributed by atoms with Crippen LogP contribution >= 0.6 is 0 Å². The molecule has 0 bridgehead atoms. The summed E-state index contributed by atoms with van der Waals surface area (Å²) >= 11 is 0. The van der Waals surface area contributed by atoms with Crippen molar-refractivity contribution in [2.45, 2.75) is 13.3 Å². The molecule has 1 aliphatic rings. The van der Waals surface area contributed by atoms with Crippen molar-refractivity contribution in [2.24, 2.45) is 0 Å². The third-order valence-electron chi connectivity index (χ3n) is 11.8. The van der Waals surface area contributed by atoms with Crippen molar-refractivity contribution in [3.8, 4) is 78.4 Å². The maximum atomic E-state index is 5.19. The maximum absolute atomic E-state index is 5.19. The highest BCUT2D eigenvalue weighted by molar-refractivity contribution is 6.07. The second kappa shape index (κ2) is 18.4. The summed E-state index contributed by atoms with van der Waals surface area (Å²) in [7, 11) is 0. The Kier molecular flexibility index (Phi) is 11.4. The fourth-order valence-corrected chi connectivity index (χ4v) is 8.63. The molecule has 0 spiro atoms. The zero-order chi connectivity index (χ0) is 43.1. The summed E-state index contributed by atoms with van der Waals surface area (Å²) in [6, 6.07) is 75.1. The van der Waals surface area contributed by atoms with Gasteiger partial charge in [-0.3, -0.25) is 0 Å². The first-order chi connectivity index (χ1) is 31.7. The highest BCUT2D eigenvalue weighted by Crippen LogP contribution is 2.50. The van der Waals surface area contributed by atoms with Crippen LogP contribution in [0.15, 0.2) is 248 Å². The molecule has 64 heavy (non-hydrogen) atoms. The van der Waals surface area contributed by atoms with Crippen molar-refractivity contribution in [3.63, 3.8) is 0 Å². The zero-order valence-corrected chi connectivity index (χ0v) is 35.6. The number of aromatic nitrogens is 3. The first-order valence-corrected chi connectivity index (χ1v) is 21.8. The summed E-state index contributed by atoms with van der Waals surface area (Å²) in [5.74, 6) is 1.92. The SMILES string of the molecule is C/C(=C\C(=C1\C=CC=CC1)c1nc(-c2ccccc2)nc(-c2ccccc2)n1)c1cccc(-c2cc(-c3ccccc3)c(-c3ccccc3)c(-c3ccccc3)c2-c2ccccc2)c1. The highest BCUT2D eigenvalue weighted by atomic mass is 15.0. The molecule has 0 fully saturated rings. The van der Waals surface area contributed by atoms with Crippen LogP contribution in [0.3, 0.4) is 0 Å². The van der Waals surface area contributed by atoms with E-state index >= 15 is 0 Å². The van der Waals surface area contributed by atoms with E-state index in [4.69, 9.17) is 15.0 Å². The van der Waals surface area contributed by atoms with E-state index in [1.165, 1.54) is 38.9 Å². The largest absolute Gasteiger partial charge is 0.208 e. The standard InChI is InChI=1S/C61H45N3/c1-43(40-55(45-26-11-3-12-27-45)61-63-59(49-34-19-7-20-35-49)62-60(64-61)50-36-21-8-22-37-50)51-38-23-39-52(41-51)54-42-53(44-24-9-2-10-25-44)56(46-28-13-4-14-29-46)58(48-32-17-6-18-33-48)57(54)47-30-15-5-16-31-47/h2-26,28-42H,27H2,1H3/b43-40+,55-45+. The second-order valence-corrected chi connectivity index (χ2v) is 15.9. The minimum absolute atomic E-state index is 0.640. The maximum Gasteiger partial charge on any atom is 0.164 e. The summed E-state index contributed by atoms with van der Waals surface area (Å²) < 4.78 is 0. The molecule has 0 N–H and O–H groups in total. The van der Waals surface area contributed by atoms with Gasteiger partial charge < -0.3 is 0 Å². The predicted octanol–water partition coefficient (Wildman–Crippen LogP) is 15.9. The van der Waals surface area contributed by atoms with Crippen molar-refractivity contribution in [1.29, 1.82) is 0 Å². The Morgan fingerprint density at radius 3 is 1.33 bits per heavy atom. The molecular weight excluding hydrogens is 775 g/mol. The molecule has 0 aliphatic heterocycles. The second-order valence-electron chi connectivity index (χ2n) is 15.9. The van der Waals surface area contributed by atoms with Gasteiger partial charge in [0.25, 0.3) is 0 Å². The van der Waals surface area contributed by atoms with Gasteiger partial charge in [-0.2, -0.15) is 0 Å². The number of nitrogens with zero attached hydrogens (tertiary/aromatic N) is 3.